The Morgan fingerprint density at radius 3 is 2.25 bits per heavy atom. The van der Waals surface area contributed by atoms with E-state index in [1.165, 1.54) is 18.0 Å². The van der Waals surface area contributed by atoms with Crippen LogP contribution in [0.3, 0.4) is 0 Å². The van der Waals surface area contributed by atoms with Gasteiger partial charge in [0.25, 0.3) is 0 Å². The maximum atomic E-state index is 11.4. The first kappa shape index (κ1) is 15.1. The van der Waals surface area contributed by atoms with Gasteiger partial charge in [-0.3, -0.25) is 4.79 Å². The molecule has 0 N–H and O–H groups in total. The van der Waals surface area contributed by atoms with E-state index in [0.717, 1.165) is 16.1 Å². The topological polar surface area (TPSA) is 51.2 Å². The summed E-state index contributed by atoms with van der Waals surface area (Å²) in [4.78, 5) is 12.6. The van der Waals surface area contributed by atoms with E-state index < -0.39 is 9.84 Å². The van der Waals surface area contributed by atoms with E-state index in [4.69, 9.17) is 11.6 Å². The van der Waals surface area contributed by atoms with Gasteiger partial charge in [0.2, 0.25) is 0 Å². The Hall–Kier alpha value is -1.30. The number of aldehydes is 1. The highest BCUT2D eigenvalue weighted by Crippen LogP contribution is 2.34. The third-order valence-corrected chi connectivity index (χ3v) is 5.21. The zero-order valence-electron chi connectivity index (χ0n) is 10.5. The van der Waals surface area contributed by atoms with E-state index in [0.29, 0.717) is 10.6 Å². The molecular weight excluding hydrogens is 316 g/mol. The number of carbonyl (C=O) groups is 1. The number of rotatable bonds is 4. The van der Waals surface area contributed by atoms with E-state index in [1.54, 1.807) is 42.5 Å². The van der Waals surface area contributed by atoms with Crippen molar-refractivity contribution in [1.29, 1.82) is 0 Å². The molecule has 0 bridgehead atoms. The molecule has 20 heavy (non-hydrogen) atoms. The highest BCUT2D eigenvalue weighted by Gasteiger charge is 2.08. The first-order chi connectivity index (χ1) is 9.40. The summed E-state index contributed by atoms with van der Waals surface area (Å²) in [6.45, 7) is 0. The van der Waals surface area contributed by atoms with Gasteiger partial charge in [0.1, 0.15) is 6.29 Å². The van der Waals surface area contributed by atoms with E-state index in [-0.39, 0.29) is 4.90 Å². The van der Waals surface area contributed by atoms with Crippen LogP contribution >= 0.6 is 23.4 Å². The van der Waals surface area contributed by atoms with Crippen LogP contribution < -0.4 is 0 Å². The molecule has 0 aromatic heterocycles. The van der Waals surface area contributed by atoms with Gasteiger partial charge in [-0.15, -0.1) is 0 Å². The third-order valence-electron chi connectivity index (χ3n) is 2.57. The van der Waals surface area contributed by atoms with Gasteiger partial charge in [0.05, 0.1) is 9.92 Å². The van der Waals surface area contributed by atoms with Crippen LogP contribution in [0.2, 0.25) is 5.02 Å². The quantitative estimate of drug-likeness (QED) is 0.804. The van der Waals surface area contributed by atoms with E-state index in [2.05, 4.69) is 0 Å². The Kier molecular flexibility index (Phi) is 4.52. The summed E-state index contributed by atoms with van der Waals surface area (Å²) in [5.41, 5.74) is 0.520. The lowest BCUT2D eigenvalue weighted by Crippen LogP contribution is -1.95. The predicted octanol–water partition coefficient (Wildman–Crippen LogP) is 3.71. The van der Waals surface area contributed by atoms with Gasteiger partial charge in [0.15, 0.2) is 9.84 Å². The minimum absolute atomic E-state index is 0.282. The van der Waals surface area contributed by atoms with Gasteiger partial charge in [-0.05, 0) is 36.4 Å². The highest BCUT2D eigenvalue weighted by molar-refractivity contribution is 7.99. The van der Waals surface area contributed by atoms with Crippen LogP contribution in [0.25, 0.3) is 0 Å². The minimum Gasteiger partial charge on any atom is -0.298 e. The fourth-order valence-corrected chi connectivity index (χ4v) is 3.31. The summed E-state index contributed by atoms with van der Waals surface area (Å²) < 4.78 is 22.7. The zero-order valence-corrected chi connectivity index (χ0v) is 12.9. The van der Waals surface area contributed by atoms with Gasteiger partial charge in [-0.25, -0.2) is 8.42 Å². The molecule has 0 aliphatic heterocycles. The number of benzene rings is 2. The fourth-order valence-electron chi connectivity index (χ4n) is 1.56. The number of carbonyl (C=O) groups excluding carboxylic acids is 1. The van der Waals surface area contributed by atoms with Crippen molar-refractivity contribution in [2.45, 2.75) is 14.7 Å². The number of sulfone groups is 1. The van der Waals surface area contributed by atoms with Crippen molar-refractivity contribution < 1.29 is 13.2 Å². The molecule has 0 atom stereocenters. The van der Waals surface area contributed by atoms with Crippen LogP contribution in [0.4, 0.5) is 0 Å². The molecule has 0 heterocycles. The van der Waals surface area contributed by atoms with Crippen molar-refractivity contribution in [3.05, 3.63) is 53.1 Å². The van der Waals surface area contributed by atoms with Gasteiger partial charge < -0.3 is 0 Å². The zero-order chi connectivity index (χ0) is 14.8. The van der Waals surface area contributed by atoms with Crippen LogP contribution in [0, 0.1) is 0 Å². The largest absolute Gasteiger partial charge is 0.298 e. The van der Waals surface area contributed by atoms with E-state index in [9.17, 15) is 13.2 Å². The molecule has 0 fully saturated rings. The molecule has 0 radical (unpaired) electrons. The van der Waals surface area contributed by atoms with Crippen LogP contribution in [0.5, 0.6) is 0 Å². The van der Waals surface area contributed by atoms with E-state index in [1.807, 2.05) is 0 Å². The average Bonchev–Trinajstić information content (AvgIpc) is 2.40. The molecule has 2 aromatic carbocycles. The van der Waals surface area contributed by atoms with Crippen molar-refractivity contribution in [3.8, 4) is 0 Å². The second-order valence-electron chi connectivity index (χ2n) is 4.15. The predicted molar refractivity (Wildman–Crippen MR) is 80.5 cm³/mol. The third kappa shape index (κ3) is 3.62. The first-order valence-electron chi connectivity index (χ1n) is 5.63. The summed E-state index contributed by atoms with van der Waals surface area (Å²) in [6, 6.07) is 11.6. The molecule has 2 rings (SSSR count). The molecule has 0 saturated carbocycles. The smallest absolute Gasteiger partial charge is 0.175 e. The molecule has 0 aliphatic carbocycles. The summed E-state index contributed by atoms with van der Waals surface area (Å²) in [5, 5.41) is 0.492. The van der Waals surface area contributed by atoms with Crippen molar-refractivity contribution in [1.82, 2.24) is 0 Å². The van der Waals surface area contributed by atoms with Crippen molar-refractivity contribution in [3.63, 3.8) is 0 Å². The van der Waals surface area contributed by atoms with Crippen molar-refractivity contribution in [2.24, 2.45) is 0 Å². The Labute approximate surface area is 126 Å². The lowest BCUT2D eigenvalue weighted by molar-refractivity contribution is 0.112. The molecule has 2 aromatic rings. The Morgan fingerprint density at radius 2 is 1.75 bits per heavy atom. The van der Waals surface area contributed by atoms with Crippen LogP contribution in [-0.4, -0.2) is 21.0 Å². The standard InChI is InChI=1S/C14H11ClO3S2/c1-20(17,18)12-5-3-11(4-6-12)19-14-7-2-10(9-16)8-13(14)15/h2-9H,1H3. The number of hydrogen-bond acceptors (Lipinski definition) is 4. The summed E-state index contributed by atoms with van der Waals surface area (Å²) >= 11 is 7.50. The van der Waals surface area contributed by atoms with Crippen molar-refractivity contribution >= 4 is 39.5 Å². The summed E-state index contributed by atoms with van der Waals surface area (Å²) in [6.07, 6.45) is 1.91. The lowest BCUT2D eigenvalue weighted by atomic mass is 10.2. The summed E-state index contributed by atoms with van der Waals surface area (Å²) in [5.74, 6) is 0. The van der Waals surface area contributed by atoms with Gasteiger partial charge in [-0.2, -0.15) is 0 Å². The lowest BCUT2D eigenvalue weighted by Gasteiger charge is -2.05. The maximum Gasteiger partial charge on any atom is 0.175 e. The molecule has 3 nitrogen and oxygen atoms in total. The molecule has 0 unspecified atom stereocenters. The second-order valence-corrected chi connectivity index (χ2v) is 7.69. The van der Waals surface area contributed by atoms with Gasteiger partial charge in [-0.1, -0.05) is 29.4 Å². The van der Waals surface area contributed by atoms with Crippen molar-refractivity contribution in [2.75, 3.05) is 6.26 Å². The number of hydrogen-bond donors (Lipinski definition) is 0. The molecule has 0 aliphatic rings. The Bertz CT molecular complexity index is 738. The SMILES string of the molecule is CS(=O)(=O)c1ccc(Sc2ccc(C=O)cc2Cl)cc1. The molecular formula is C14H11ClO3S2. The molecule has 0 amide bonds. The monoisotopic (exact) mass is 326 g/mol. The normalized spacial score (nSPS) is 11.3. The number of halogens is 1. The maximum absolute atomic E-state index is 11.4. The van der Waals surface area contributed by atoms with Crippen LogP contribution in [0.15, 0.2) is 57.2 Å². The molecule has 0 spiro atoms. The van der Waals surface area contributed by atoms with Gasteiger partial charge >= 0.3 is 0 Å². The van der Waals surface area contributed by atoms with E-state index >= 15 is 0 Å². The van der Waals surface area contributed by atoms with Gasteiger partial charge in [0, 0.05) is 21.6 Å². The molecule has 104 valence electrons. The Balaban J connectivity index is 2.24. The fraction of sp³-hybridized carbons (Fsp3) is 0.0714. The molecule has 6 heteroatoms. The van der Waals surface area contributed by atoms with Crippen LogP contribution in [0.1, 0.15) is 10.4 Å². The highest BCUT2D eigenvalue weighted by atomic mass is 35.5. The second kappa shape index (κ2) is 5.99. The van der Waals surface area contributed by atoms with Crippen LogP contribution in [-0.2, 0) is 9.84 Å². The minimum atomic E-state index is -3.18. The summed E-state index contributed by atoms with van der Waals surface area (Å²) in [7, 11) is -3.18. The average molecular weight is 327 g/mol. The molecule has 0 saturated heterocycles. The Morgan fingerprint density at radius 1 is 1.10 bits per heavy atom. The first-order valence-corrected chi connectivity index (χ1v) is 8.71.